The second kappa shape index (κ2) is 6.99. The first-order valence-electron chi connectivity index (χ1n) is 5.45. The van der Waals surface area contributed by atoms with Crippen molar-refractivity contribution in [3.8, 4) is 6.07 Å². The van der Waals surface area contributed by atoms with Crippen molar-refractivity contribution in [3.63, 3.8) is 0 Å². The largest absolute Gasteiger partial charge is 0.394 e. The highest BCUT2D eigenvalue weighted by molar-refractivity contribution is 5.22. The number of benzene rings is 1. The molecule has 2 N–H and O–H groups in total. The van der Waals surface area contributed by atoms with E-state index < -0.39 is 23.5 Å². The lowest BCUT2D eigenvalue weighted by Crippen LogP contribution is -2.25. The number of hydrogen-bond donors (Lipinski definition) is 2. The molecule has 0 amide bonds. The minimum atomic E-state index is -1.53. The number of hydrogen-bond acceptors (Lipinski definition) is 3. The second-order valence-electron chi connectivity index (χ2n) is 3.75. The average molecular weight is 258 g/mol. The van der Waals surface area contributed by atoms with Crippen LogP contribution in [0.3, 0.4) is 0 Å². The van der Waals surface area contributed by atoms with Crippen LogP contribution in [0.2, 0.25) is 0 Å². The Morgan fingerprint density at radius 3 is 2.39 bits per heavy atom. The summed E-state index contributed by atoms with van der Waals surface area (Å²) in [7, 11) is 0. The smallest absolute Gasteiger partial charge is 0.194 e. The monoisotopic (exact) mass is 258 g/mol. The summed E-state index contributed by atoms with van der Waals surface area (Å²) < 4.78 is 38.8. The molecular weight excluding hydrogens is 245 g/mol. The van der Waals surface area contributed by atoms with Gasteiger partial charge in [0.25, 0.3) is 0 Å². The Hall–Kier alpha value is -1.58. The Morgan fingerprint density at radius 1 is 1.28 bits per heavy atom. The summed E-state index contributed by atoms with van der Waals surface area (Å²) in [6.07, 6.45) is 0.899. The van der Waals surface area contributed by atoms with Crippen LogP contribution < -0.4 is 5.32 Å². The van der Waals surface area contributed by atoms with E-state index in [4.69, 9.17) is 10.4 Å². The molecule has 0 spiro atoms. The van der Waals surface area contributed by atoms with Crippen molar-refractivity contribution in [2.75, 3.05) is 13.2 Å². The van der Waals surface area contributed by atoms with Crippen LogP contribution in [0, 0.1) is 28.8 Å². The third kappa shape index (κ3) is 3.72. The van der Waals surface area contributed by atoms with E-state index in [2.05, 4.69) is 5.32 Å². The highest BCUT2D eigenvalue weighted by atomic mass is 19.2. The van der Waals surface area contributed by atoms with E-state index in [1.807, 2.05) is 6.07 Å². The molecule has 1 aromatic carbocycles. The zero-order chi connectivity index (χ0) is 13.5. The van der Waals surface area contributed by atoms with Crippen molar-refractivity contribution < 1.29 is 18.3 Å². The van der Waals surface area contributed by atoms with Crippen molar-refractivity contribution >= 4 is 0 Å². The standard InChI is InChI=1S/C12H13F3N2O/c13-9-5-8(6-10(14)12(9)15)11(7-18)17-4-2-1-3-16/h5-6,11,17-18H,1-2,4,7H2/t11-/m1/s1. The maximum absolute atomic E-state index is 13.0. The van der Waals surface area contributed by atoms with Crippen molar-refractivity contribution in [2.24, 2.45) is 0 Å². The van der Waals surface area contributed by atoms with Crippen molar-refractivity contribution in [3.05, 3.63) is 35.1 Å². The maximum atomic E-state index is 13.0. The van der Waals surface area contributed by atoms with E-state index in [-0.39, 0.29) is 12.2 Å². The van der Waals surface area contributed by atoms with E-state index in [0.29, 0.717) is 19.4 Å². The number of halogens is 3. The molecule has 3 nitrogen and oxygen atoms in total. The van der Waals surface area contributed by atoms with Crippen molar-refractivity contribution in [2.45, 2.75) is 18.9 Å². The van der Waals surface area contributed by atoms with E-state index in [0.717, 1.165) is 12.1 Å². The quantitative estimate of drug-likeness (QED) is 0.606. The van der Waals surface area contributed by atoms with Gasteiger partial charge in [-0.2, -0.15) is 5.26 Å². The summed E-state index contributed by atoms with van der Waals surface area (Å²) >= 11 is 0. The Balaban J connectivity index is 2.73. The Kier molecular flexibility index (Phi) is 5.62. The van der Waals surface area contributed by atoms with Gasteiger partial charge in [-0.15, -0.1) is 0 Å². The summed E-state index contributed by atoms with van der Waals surface area (Å²) in [6.45, 7) is 0.0382. The predicted molar refractivity (Wildman–Crippen MR) is 59.0 cm³/mol. The molecule has 1 atom stereocenters. The van der Waals surface area contributed by atoms with Gasteiger partial charge in [0.1, 0.15) is 0 Å². The number of aliphatic hydroxyl groups is 1. The molecule has 18 heavy (non-hydrogen) atoms. The number of rotatable bonds is 6. The summed E-state index contributed by atoms with van der Waals surface area (Å²) in [5.41, 5.74) is 0.130. The molecule has 0 unspecified atom stereocenters. The molecule has 0 aliphatic heterocycles. The number of nitrogens with one attached hydrogen (secondary N) is 1. The summed E-state index contributed by atoms with van der Waals surface area (Å²) in [5.74, 6) is -4.11. The zero-order valence-electron chi connectivity index (χ0n) is 9.59. The van der Waals surface area contributed by atoms with Gasteiger partial charge in [-0.25, -0.2) is 13.2 Å². The molecule has 0 radical (unpaired) electrons. The van der Waals surface area contributed by atoms with Gasteiger partial charge in [0, 0.05) is 6.42 Å². The first kappa shape index (κ1) is 14.5. The minimum Gasteiger partial charge on any atom is -0.394 e. The summed E-state index contributed by atoms with van der Waals surface area (Å²) in [4.78, 5) is 0. The van der Waals surface area contributed by atoms with Crippen molar-refractivity contribution in [1.82, 2.24) is 5.32 Å². The van der Waals surface area contributed by atoms with Crippen LogP contribution >= 0.6 is 0 Å². The molecule has 0 saturated heterocycles. The van der Waals surface area contributed by atoms with Gasteiger partial charge >= 0.3 is 0 Å². The fourth-order valence-electron chi connectivity index (χ4n) is 1.51. The molecule has 0 aliphatic carbocycles. The molecule has 0 aliphatic rings. The number of aliphatic hydroxyl groups excluding tert-OH is 1. The van der Waals surface area contributed by atoms with Gasteiger partial charge in [-0.3, -0.25) is 0 Å². The molecular formula is C12H13F3N2O. The molecule has 0 saturated carbocycles. The number of unbranched alkanes of at least 4 members (excludes halogenated alkanes) is 1. The van der Waals surface area contributed by atoms with Gasteiger partial charge in [-0.1, -0.05) is 0 Å². The molecule has 0 aromatic heterocycles. The Labute approximate surface area is 103 Å². The molecule has 98 valence electrons. The first-order chi connectivity index (χ1) is 8.60. The van der Waals surface area contributed by atoms with Crippen molar-refractivity contribution in [1.29, 1.82) is 5.26 Å². The predicted octanol–water partition coefficient (Wildman–Crippen LogP) is 2.03. The van der Waals surface area contributed by atoms with Gasteiger partial charge in [0.15, 0.2) is 17.5 Å². The highest BCUT2D eigenvalue weighted by Gasteiger charge is 2.16. The maximum Gasteiger partial charge on any atom is 0.194 e. The average Bonchev–Trinajstić information content (AvgIpc) is 2.35. The SMILES string of the molecule is N#CCCCN[C@H](CO)c1cc(F)c(F)c(F)c1. The summed E-state index contributed by atoms with van der Waals surface area (Å²) in [5, 5.41) is 20.3. The number of nitrogens with zero attached hydrogens (tertiary/aromatic N) is 1. The first-order valence-corrected chi connectivity index (χ1v) is 5.45. The summed E-state index contributed by atoms with van der Waals surface area (Å²) in [6, 6.07) is 2.95. The molecule has 0 fully saturated rings. The van der Waals surface area contributed by atoms with Crippen LogP contribution in [-0.4, -0.2) is 18.3 Å². The minimum absolute atomic E-state index is 0.130. The van der Waals surface area contributed by atoms with E-state index in [1.165, 1.54) is 0 Å². The van der Waals surface area contributed by atoms with Crippen LogP contribution in [0.25, 0.3) is 0 Å². The zero-order valence-corrected chi connectivity index (χ0v) is 9.59. The van der Waals surface area contributed by atoms with Gasteiger partial charge < -0.3 is 10.4 Å². The molecule has 1 aromatic rings. The van der Waals surface area contributed by atoms with E-state index in [1.54, 1.807) is 0 Å². The van der Waals surface area contributed by atoms with Gasteiger partial charge in [-0.05, 0) is 30.7 Å². The van der Waals surface area contributed by atoms with Gasteiger partial charge in [0.05, 0.1) is 18.7 Å². The lowest BCUT2D eigenvalue weighted by Gasteiger charge is -2.16. The van der Waals surface area contributed by atoms with Crippen LogP contribution in [0.15, 0.2) is 12.1 Å². The normalized spacial score (nSPS) is 12.2. The van der Waals surface area contributed by atoms with E-state index in [9.17, 15) is 13.2 Å². The lowest BCUT2D eigenvalue weighted by atomic mass is 10.1. The molecule has 0 heterocycles. The van der Waals surface area contributed by atoms with Gasteiger partial charge in [0.2, 0.25) is 0 Å². The van der Waals surface area contributed by atoms with E-state index >= 15 is 0 Å². The lowest BCUT2D eigenvalue weighted by molar-refractivity contribution is 0.243. The molecule has 1 rings (SSSR count). The Morgan fingerprint density at radius 2 is 1.89 bits per heavy atom. The topological polar surface area (TPSA) is 56.0 Å². The fraction of sp³-hybridized carbons (Fsp3) is 0.417. The van der Waals surface area contributed by atoms with Crippen LogP contribution in [-0.2, 0) is 0 Å². The second-order valence-corrected chi connectivity index (χ2v) is 3.75. The van der Waals surface area contributed by atoms with Crippen LogP contribution in [0.5, 0.6) is 0 Å². The third-order valence-corrected chi connectivity index (χ3v) is 2.45. The molecule has 6 heteroatoms. The fourth-order valence-corrected chi connectivity index (χ4v) is 1.51. The Bertz CT molecular complexity index is 422. The third-order valence-electron chi connectivity index (χ3n) is 2.45. The number of nitriles is 1. The van der Waals surface area contributed by atoms with Crippen LogP contribution in [0.1, 0.15) is 24.4 Å². The highest BCUT2D eigenvalue weighted by Crippen LogP contribution is 2.19. The van der Waals surface area contributed by atoms with Crippen LogP contribution in [0.4, 0.5) is 13.2 Å². The molecule has 0 bridgehead atoms.